The molecule has 3 rings (SSSR count). The zero-order valence-electron chi connectivity index (χ0n) is 15.5. The first kappa shape index (κ1) is 19.8. The van der Waals surface area contributed by atoms with Crippen LogP contribution < -0.4 is 0 Å². The molecule has 1 fully saturated rings. The van der Waals surface area contributed by atoms with Crippen molar-refractivity contribution in [3.05, 3.63) is 65.7 Å². The smallest absolute Gasteiger partial charge is 0.223 e. The maximum atomic E-state index is 13.0. The van der Waals surface area contributed by atoms with E-state index >= 15 is 0 Å². The number of hydrogen-bond donors (Lipinski definition) is 0. The molecule has 1 aromatic heterocycles. The average molecular weight is 383 g/mol. The number of amides is 1. The van der Waals surface area contributed by atoms with Crippen molar-refractivity contribution in [2.24, 2.45) is 0 Å². The number of ketones is 2. The number of carbonyl (C=O) groups is 3. The normalized spacial score (nSPS) is 14.7. The van der Waals surface area contributed by atoms with E-state index in [2.05, 4.69) is 4.98 Å². The molecule has 1 aliphatic heterocycles. The molecule has 1 saturated heterocycles. The fraction of sp³-hybridized carbons (Fsp3) is 0.333. The standard InChI is InChI=1S/C21H22FN3O3/c22-18-5-3-16(4-6-18)20(27)15-24-10-12-25(13-11-24)21(28)8-7-19(26)17-2-1-9-23-14-17/h1-6,9,14H,7-8,10-13,15H2. The van der Waals surface area contributed by atoms with Gasteiger partial charge in [-0.25, -0.2) is 4.39 Å². The molecule has 1 aromatic carbocycles. The first-order valence-electron chi connectivity index (χ1n) is 9.25. The summed E-state index contributed by atoms with van der Waals surface area (Å²) in [5.41, 5.74) is 0.994. The van der Waals surface area contributed by atoms with Gasteiger partial charge in [0.25, 0.3) is 0 Å². The third kappa shape index (κ3) is 5.29. The number of rotatable bonds is 7. The molecule has 7 heteroatoms. The van der Waals surface area contributed by atoms with Crippen LogP contribution in [0.15, 0.2) is 48.8 Å². The predicted molar refractivity (Wildman–Crippen MR) is 102 cm³/mol. The molecule has 1 amide bonds. The number of benzene rings is 1. The van der Waals surface area contributed by atoms with Gasteiger partial charge in [-0.1, -0.05) is 0 Å². The highest BCUT2D eigenvalue weighted by molar-refractivity contribution is 5.98. The zero-order valence-corrected chi connectivity index (χ0v) is 15.5. The second kappa shape index (κ2) is 9.32. The summed E-state index contributed by atoms with van der Waals surface area (Å²) in [6.45, 7) is 2.48. The minimum absolute atomic E-state index is 0.0539. The molecule has 0 atom stereocenters. The Morgan fingerprint density at radius 1 is 0.893 bits per heavy atom. The maximum absolute atomic E-state index is 13.0. The summed E-state index contributed by atoms with van der Waals surface area (Å²) >= 11 is 0. The Balaban J connectivity index is 1.42. The van der Waals surface area contributed by atoms with E-state index in [0.29, 0.717) is 37.3 Å². The van der Waals surface area contributed by atoms with Crippen LogP contribution in [0, 0.1) is 5.82 Å². The van der Waals surface area contributed by atoms with Gasteiger partial charge in [0.1, 0.15) is 5.82 Å². The highest BCUT2D eigenvalue weighted by Gasteiger charge is 2.23. The van der Waals surface area contributed by atoms with Crippen LogP contribution in [0.3, 0.4) is 0 Å². The van der Waals surface area contributed by atoms with Crippen LogP contribution in [0.1, 0.15) is 33.6 Å². The Morgan fingerprint density at radius 3 is 2.25 bits per heavy atom. The van der Waals surface area contributed by atoms with E-state index in [9.17, 15) is 18.8 Å². The van der Waals surface area contributed by atoms with E-state index < -0.39 is 0 Å². The summed E-state index contributed by atoms with van der Waals surface area (Å²) in [6.07, 6.45) is 3.43. The second-order valence-corrected chi connectivity index (χ2v) is 6.75. The van der Waals surface area contributed by atoms with Crippen molar-refractivity contribution in [2.45, 2.75) is 12.8 Å². The molecule has 0 saturated carbocycles. The van der Waals surface area contributed by atoms with Gasteiger partial charge in [0.05, 0.1) is 6.54 Å². The highest BCUT2D eigenvalue weighted by atomic mass is 19.1. The van der Waals surface area contributed by atoms with Crippen molar-refractivity contribution >= 4 is 17.5 Å². The van der Waals surface area contributed by atoms with Crippen molar-refractivity contribution < 1.29 is 18.8 Å². The van der Waals surface area contributed by atoms with Crippen LogP contribution in [-0.2, 0) is 4.79 Å². The fourth-order valence-corrected chi connectivity index (χ4v) is 3.14. The third-order valence-electron chi connectivity index (χ3n) is 4.81. The van der Waals surface area contributed by atoms with Crippen LogP contribution in [-0.4, -0.2) is 65.0 Å². The topological polar surface area (TPSA) is 70.6 Å². The van der Waals surface area contributed by atoms with Crippen LogP contribution in [0.4, 0.5) is 4.39 Å². The molecule has 2 heterocycles. The first-order chi connectivity index (χ1) is 13.5. The van der Waals surface area contributed by atoms with Gasteiger partial charge in [-0.3, -0.25) is 24.3 Å². The fourth-order valence-electron chi connectivity index (χ4n) is 3.14. The molecule has 0 radical (unpaired) electrons. The largest absolute Gasteiger partial charge is 0.340 e. The van der Waals surface area contributed by atoms with Gasteiger partial charge in [0, 0.05) is 62.5 Å². The highest BCUT2D eigenvalue weighted by Crippen LogP contribution is 2.10. The quantitative estimate of drug-likeness (QED) is 0.686. The molecule has 6 nitrogen and oxygen atoms in total. The number of piperazine rings is 1. The number of hydrogen-bond acceptors (Lipinski definition) is 5. The Labute approximate surface area is 163 Å². The zero-order chi connectivity index (χ0) is 19.9. The minimum Gasteiger partial charge on any atom is -0.340 e. The summed E-state index contributed by atoms with van der Waals surface area (Å²) in [7, 11) is 0. The van der Waals surface area contributed by atoms with Gasteiger partial charge >= 0.3 is 0 Å². The lowest BCUT2D eigenvalue weighted by Crippen LogP contribution is -2.49. The monoisotopic (exact) mass is 383 g/mol. The van der Waals surface area contributed by atoms with Gasteiger partial charge in [-0.05, 0) is 36.4 Å². The number of Topliss-reactive ketones (excluding diaryl/α,β-unsaturated/α-hetero) is 2. The van der Waals surface area contributed by atoms with Crippen LogP contribution >= 0.6 is 0 Å². The van der Waals surface area contributed by atoms with Gasteiger partial charge in [0.2, 0.25) is 5.91 Å². The van der Waals surface area contributed by atoms with E-state index in [-0.39, 0.29) is 42.7 Å². The number of pyridine rings is 1. The van der Waals surface area contributed by atoms with E-state index in [1.165, 1.54) is 30.5 Å². The Morgan fingerprint density at radius 2 is 1.61 bits per heavy atom. The summed E-state index contributed by atoms with van der Waals surface area (Å²) in [4.78, 5) is 44.3. The lowest BCUT2D eigenvalue weighted by Gasteiger charge is -2.34. The number of halogens is 1. The Hall–Kier alpha value is -2.93. The van der Waals surface area contributed by atoms with Crippen LogP contribution in [0.5, 0.6) is 0 Å². The van der Waals surface area contributed by atoms with E-state index in [0.717, 1.165) is 0 Å². The lowest BCUT2D eigenvalue weighted by molar-refractivity contribution is -0.132. The average Bonchev–Trinajstić information content (AvgIpc) is 2.73. The molecular weight excluding hydrogens is 361 g/mol. The Bertz CT molecular complexity index is 832. The van der Waals surface area contributed by atoms with Crippen molar-refractivity contribution in [1.29, 1.82) is 0 Å². The van der Waals surface area contributed by atoms with Crippen LogP contribution in [0.25, 0.3) is 0 Å². The molecular formula is C21H22FN3O3. The lowest BCUT2D eigenvalue weighted by atomic mass is 10.1. The molecule has 0 N–H and O–H groups in total. The third-order valence-corrected chi connectivity index (χ3v) is 4.81. The van der Waals surface area contributed by atoms with Crippen molar-refractivity contribution in [3.8, 4) is 0 Å². The molecule has 0 aliphatic carbocycles. The van der Waals surface area contributed by atoms with Gasteiger partial charge < -0.3 is 4.90 Å². The predicted octanol–water partition coefficient (Wildman–Crippen LogP) is 2.21. The number of nitrogens with zero attached hydrogens (tertiary/aromatic N) is 3. The Kier molecular flexibility index (Phi) is 6.60. The number of carbonyl (C=O) groups excluding carboxylic acids is 3. The molecule has 0 bridgehead atoms. The molecule has 146 valence electrons. The SMILES string of the molecule is O=C(CCC(=O)N1CCN(CC(=O)c2ccc(F)cc2)CC1)c1cccnc1. The number of aromatic nitrogens is 1. The van der Waals surface area contributed by atoms with Crippen LogP contribution in [0.2, 0.25) is 0 Å². The molecule has 2 aromatic rings. The molecule has 0 spiro atoms. The molecule has 0 unspecified atom stereocenters. The van der Waals surface area contributed by atoms with Crippen molar-refractivity contribution in [1.82, 2.24) is 14.8 Å². The van der Waals surface area contributed by atoms with E-state index in [1.807, 2.05) is 4.90 Å². The summed E-state index contributed by atoms with van der Waals surface area (Å²) in [6, 6.07) is 8.90. The van der Waals surface area contributed by atoms with Gasteiger partial charge in [-0.2, -0.15) is 0 Å². The van der Waals surface area contributed by atoms with E-state index in [4.69, 9.17) is 0 Å². The van der Waals surface area contributed by atoms with Crippen molar-refractivity contribution in [2.75, 3.05) is 32.7 Å². The summed E-state index contributed by atoms with van der Waals surface area (Å²) in [5, 5.41) is 0. The van der Waals surface area contributed by atoms with Crippen molar-refractivity contribution in [3.63, 3.8) is 0 Å². The minimum atomic E-state index is -0.370. The molecule has 1 aliphatic rings. The molecule has 28 heavy (non-hydrogen) atoms. The second-order valence-electron chi connectivity index (χ2n) is 6.75. The first-order valence-corrected chi connectivity index (χ1v) is 9.25. The summed E-state index contributed by atoms with van der Waals surface area (Å²) in [5.74, 6) is -0.584. The maximum Gasteiger partial charge on any atom is 0.223 e. The van der Waals surface area contributed by atoms with Gasteiger partial charge in [-0.15, -0.1) is 0 Å². The summed E-state index contributed by atoms with van der Waals surface area (Å²) < 4.78 is 13.0. The van der Waals surface area contributed by atoms with E-state index in [1.54, 1.807) is 23.2 Å². The van der Waals surface area contributed by atoms with Gasteiger partial charge in [0.15, 0.2) is 11.6 Å².